The van der Waals surface area contributed by atoms with Gasteiger partial charge in [0.1, 0.15) is 13.2 Å². The van der Waals surface area contributed by atoms with E-state index in [4.69, 9.17) is 14.2 Å². The first-order valence-corrected chi connectivity index (χ1v) is 23.8. The van der Waals surface area contributed by atoms with Gasteiger partial charge in [-0.3, -0.25) is 14.4 Å². The summed E-state index contributed by atoms with van der Waals surface area (Å²) in [5, 5.41) is 0. The summed E-state index contributed by atoms with van der Waals surface area (Å²) in [4.78, 5) is 37.8. The third-order valence-electron chi connectivity index (χ3n) is 10.1. The quantitative estimate of drug-likeness (QED) is 0.0201. The fraction of sp³-hybridized carbons (Fsp3) is 0.745. The Morgan fingerprint density at radius 1 is 0.368 bits per heavy atom. The molecule has 0 N–H and O–H groups in total. The molecule has 6 nitrogen and oxygen atoms in total. The third kappa shape index (κ3) is 44.1. The van der Waals surface area contributed by atoms with Crippen molar-refractivity contribution in [1.29, 1.82) is 0 Å². The maximum absolute atomic E-state index is 12.7. The highest BCUT2D eigenvalue weighted by Gasteiger charge is 2.19. The van der Waals surface area contributed by atoms with E-state index in [-0.39, 0.29) is 37.5 Å². The number of hydrogen-bond acceptors (Lipinski definition) is 6. The minimum absolute atomic E-state index is 0.0914. The summed E-state index contributed by atoms with van der Waals surface area (Å²) in [6.07, 6.45) is 54.9. The van der Waals surface area contributed by atoms with E-state index >= 15 is 0 Å². The first-order valence-electron chi connectivity index (χ1n) is 23.8. The molecule has 0 aliphatic rings. The highest BCUT2D eigenvalue weighted by atomic mass is 16.6. The largest absolute Gasteiger partial charge is 0.462 e. The average molecular weight is 797 g/mol. The number of carbonyl (C=O) groups is 3. The van der Waals surface area contributed by atoms with Crippen molar-refractivity contribution in [2.45, 2.75) is 232 Å². The van der Waals surface area contributed by atoms with Crippen molar-refractivity contribution in [3.05, 3.63) is 60.8 Å². The maximum atomic E-state index is 12.7. The standard InChI is InChI=1S/C51H88O6/c1-4-7-10-13-16-19-22-25-27-29-32-35-38-41-44-50(53)56-47-48(46-55-49(52)43-40-37-34-31-28-24-21-18-15-12-9-6-3)57-51(54)45-42-39-36-33-30-26-23-20-17-14-11-8-5-2/h8,11,14,17-18,20-21,23,26,30,48H,4-7,9-10,12-13,15-16,19,22,24-25,27-29,31-47H2,1-3H3/b11-8-,17-14-,21-18-,23-20-,30-26-. The van der Waals surface area contributed by atoms with Gasteiger partial charge in [0.15, 0.2) is 6.10 Å². The van der Waals surface area contributed by atoms with Crippen molar-refractivity contribution in [2.75, 3.05) is 13.2 Å². The number of allylic oxidation sites excluding steroid dienone is 10. The number of unbranched alkanes of at least 4 members (excludes halogenated alkanes) is 24. The van der Waals surface area contributed by atoms with E-state index in [1.54, 1.807) is 0 Å². The fourth-order valence-corrected chi connectivity index (χ4v) is 6.51. The molecule has 57 heavy (non-hydrogen) atoms. The van der Waals surface area contributed by atoms with Gasteiger partial charge in [0.2, 0.25) is 0 Å². The second-order valence-corrected chi connectivity index (χ2v) is 15.7. The normalized spacial score (nSPS) is 12.5. The van der Waals surface area contributed by atoms with Gasteiger partial charge in [-0.05, 0) is 64.2 Å². The van der Waals surface area contributed by atoms with Gasteiger partial charge in [0.05, 0.1) is 0 Å². The first-order chi connectivity index (χ1) is 28.0. The third-order valence-corrected chi connectivity index (χ3v) is 10.1. The van der Waals surface area contributed by atoms with Gasteiger partial charge in [-0.2, -0.15) is 0 Å². The Morgan fingerprint density at radius 3 is 1.18 bits per heavy atom. The zero-order chi connectivity index (χ0) is 41.5. The summed E-state index contributed by atoms with van der Waals surface area (Å²) in [6, 6.07) is 0. The van der Waals surface area contributed by atoms with Crippen LogP contribution in [-0.2, 0) is 28.6 Å². The number of rotatable bonds is 42. The molecule has 0 rings (SSSR count). The molecule has 0 spiro atoms. The SMILES string of the molecule is CC\C=C/C=C\C=C/C=C\CCCCCC(=O)OC(COC(=O)CCCCCCC/C=C\CCCCC)COC(=O)CCCCCCCCCCCCCCCC. The molecule has 0 heterocycles. The van der Waals surface area contributed by atoms with E-state index in [1.807, 2.05) is 36.5 Å². The van der Waals surface area contributed by atoms with Crippen molar-refractivity contribution in [1.82, 2.24) is 0 Å². The molecule has 1 atom stereocenters. The molecule has 0 saturated carbocycles. The first kappa shape index (κ1) is 54.1. The van der Waals surface area contributed by atoms with Crippen molar-refractivity contribution in [3.63, 3.8) is 0 Å². The monoisotopic (exact) mass is 797 g/mol. The van der Waals surface area contributed by atoms with E-state index < -0.39 is 6.10 Å². The van der Waals surface area contributed by atoms with Crippen molar-refractivity contribution >= 4 is 17.9 Å². The topological polar surface area (TPSA) is 78.9 Å². The molecule has 1 unspecified atom stereocenters. The average Bonchev–Trinajstić information content (AvgIpc) is 3.21. The molecule has 0 radical (unpaired) electrons. The molecule has 0 aromatic rings. The van der Waals surface area contributed by atoms with Crippen LogP contribution >= 0.6 is 0 Å². The fourth-order valence-electron chi connectivity index (χ4n) is 6.51. The van der Waals surface area contributed by atoms with Crippen LogP contribution in [0.5, 0.6) is 0 Å². The summed E-state index contributed by atoms with van der Waals surface area (Å²) in [5.41, 5.74) is 0. The van der Waals surface area contributed by atoms with Crippen molar-refractivity contribution in [2.24, 2.45) is 0 Å². The number of hydrogen-bond donors (Lipinski definition) is 0. The summed E-state index contributed by atoms with van der Waals surface area (Å²) in [7, 11) is 0. The molecule has 0 amide bonds. The van der Waals surface area contributed by atoms with Gasteiger partial charge in [0, 0.05) is 19.3 Å². The molecule has 0 aliphatic carbocycles. The second kappa shape index (κ2) is 45.8. The van der Waals surface area contributed by atoms with E-state index in [9.17, 15) is 14.4 Å². The lowest BCUT2D eigenvalue weighted by atomic mass is 10.0. The minimum atomic E-state index is -0.794. The Hall–Kier alpha value is -2.89. The Bertz CT molecular complexity index is 1050. The predicted octanol–water partition coefficient (Wildman–Crippen LogP) is 15.3. The van der Waals surface area contributed by atoms with Gasteiger partial charge in [-0.25, -0.2) is 0 Å². The number of esters is 3. The van der Waals surface area contributed by atoms with Crippen LogP contribution in [0.2, 0.25) is 0 Å². The predicted molar refractivity (Wildman–Crippen MR) is 242 cm³/mol. The maximum Gasteiger partial charge on any atom is 0.306 e. The van der Waals surface area contributed by atoms with Gasteiger partial charge in [-0.1, -0.05) is 204 Å². The van der Waals surface area contributed by atoms with Gasteiger partial charge >= 0.3 is 17.9 Å². The summed E-state index contributed by atoms with van der Waals surface area (Å²) < 4.78 is 16.7. The Labute approximate surface area is 351 Å². The number of carbonyl (C=O) groups excluding carboxylic acids is 3. The number of ether oxygens (including phenoxy) is 3. The molecular weight excluding hydrogens is 709 g/mol. The lowest BCUT2D eigenvalue weighted by Crippen LogP contribution is -2.30. The summed E-state index contributed by atoms with van der Waals surface area (Å²) >= 11 is 0. The lowest BCUT2D eigenvalue weighted by molar-refractivity contribution is -0.167. The zero-order valence-corrected chi connectivity index (χ0v) is 37.3. The Morgan fingerprint density at radius 2 is 0.702 bits per heavy atom. The van der Waals surface area contributed by atoms with Gasteiger partial charge < -0.3 is 14.2 Å². The molecule has 328 valence electrons. The van der Waals surface area contributed by atoms with Crippen LogP contribution < -0.4 is 0 Å². The summed E-state index contributed by atoms with van der Waals surface area (Å²) in [5.74, 6) is -0.940. The summed E-state index contributed by atoms with van der Waals surface area (Å²) in [6.45, 7) is 6.43. The molecule has 0 fully saturated rings. The molecule has 0 aromatic carbocycles. The zero-order valence-electron chi connectivity index (χ0n) is 37.3. The van der Waals surface area contributed by atoms with E-state index in [1.165, 1.54) is 109 Å². The minimum Gasteiger partial charge on any atom is -0.462 e. The van der Waals surface area contributed by atoms with Crippen molar-refractivity contribution in [3.8, 4) is 0 Å². The van der Waals surface area contributed by atoms with Crippen LogP contribution in [0, 0.1) is 0 Å². The van der Waals surface area contributed by atoms with E-state index in [0.717, 1.165) is 77.0 Å². The Balaban J connectivity index is 4.44. The van der Waals surface area contributed by atoms with Gasteiger partial charge in [-0.15, -0.1) is 0 Å². The molecular formula is C51H88O6. The molecule has 0 bridgehead atoms. The molecule has 0 aliphatic heterocycles. The molecule has 0 saturated heterocycles. The van der Waals surface area contributed by atoms with Crippen LogP contribution in [0.4, 0.5) is 0 Å². The second-order valence-electron chi connectivity index (χ2n) is 15.7. The van der Waals surface area contributed by atoms with Gasteiger partial charge in [0.25, 0.3) is 0 Å². The highest BCUT2D eigenvalue weighted by Crippen LogP contribution is 2.15. The molecule has 0 aromatic heterocycles. The molecule has 6 heteroatoms. The Kier molecular flexibility index (Phi) is 43.5. The van der Waals surface area contributed by atoms with Crippen LogP contribution in [-0.4, -0.2) is 37.2 Å². The van der Waals surface area contributed by atoms with Crippen LogP contribution in [0.1, 0.15) is 226 Å². The smallest absolute Gasteiger partial charge is 0.306 e. The van der Waals surface area contributed by atoms with Crippen LogP contribution in [0.3, 0.4) is 0 Å². The van der Waals surface area contributed by atoms with Crippen LogP contribution in [0.15, 0.2) is 60.8 Å². The highest BCUT2D eigenvalue weighted by molar-refractivity contribution is 5.71. The van der Waals surface area contributed by atoms with Crippen LogP contribution in [0.25, 0.3) is 0 Å². The van der Waals surface area contributed by atoms with Crippen molar-refractivity contribution < 1.29 is 28.6 Å². The van der Waals surface area contributed by atoms with E-state index in [2.05, 4.69) is 45.1 Å². The lowest BCUT2D eigenvalue weighted by Gasteiger charge is -2.18. The van der Waals surface area contributed by atoms with E-state index in [0.29, 0.717) is 12.8 Å².